The monoisotopic (exact) mass is 301 g/mol. The third kappa shape index (κ3) is 3.34. The number of hydrogen-bond acceptors (Lipinski definition) is 2. The van der Waals surface area contributed by atoms with Crippen molar-refractivity contribution in [3.8, 4) is 5.75 Å². The summed E-state index contributed by atoms with van der Waals surface area (Å²) in [6, 6.07) is 6.10. The van der Waals surface area contributed by atoms with Crippen molar-refractivity contribution in [2.75, 3.05) is 0 Å². The number of rotatable bonds is 7. The molecular formula is C19H27NO2. The van der Waals surface area contributed by atoms with Gasteiger partial charge >= 0.3 is 0 Å². The van der Waals surface area contributed by atoms with Crippen LogP contribution in [-0.2, 0) is 6.54 Å². The molecule has 0 N–H and O–H groups in total. The lowest BCUT2D eigenvalue weighted by molar-refractivity contribution is 0.112. The summed E-state index contributed by atoms with van der Waals surface area (Å²) in [5.74, 6) is 1.38. The molecular weight excluding hydrogens is 274 g/mol. The second-order valence-corrected chi connectivity index (χ2v) is 6.52. The minimum Gasteiger partial charge on any atom is -0.491 e. The van der Waals surface area contributed by atoms with Crippen LogP contribution in [0.3, 0.4) is 0 Å². The smallest absolute Gasteiger partial charge is 0.152 e. The van der Waals surface area contributed by atoms with E-state index < -0.39 is 0 Å². The molecule has 0 unspecified atom stereocenters. The van der Waals surface area contributed by atoms with Gasteiger partial charge in [0.2, 0.25) is 0 Å². The van der Waals surface area contributed by atoms with Crippen molar-refractivity contribution in [2.24, 2.45) is 5.92 Å². The van der Waals surface area contributed by atoms with Crippen LogP contribution in [0.25, 0.3) is 10.9 Å². The van der Waals surface area contributed by atoms with Gasteiger partial charge in [0.25, 0.3) is 0 Å². The molecule has 0 fully saturated rings. The maximum Gasteiger partial charge on any atom is 0.152 e. The van der Waals surface area contributed by atoms with Crippen molar-refractivity contribution in [3.05, 3.63) is 29.5 Å². The standard InChI is InChI=1S/C19H27NO2/c1-6-7-14(4)22-16-8-9-19-17(10-16)18(12-21)15(5)20(19)11-13(2)3/h8-10,12-14H,6-7,11H2,1-5H3/t14-/m0/s1. The molecule has 1 atom stereocenters. The minimum absolute atomic E-state index is 0.195. The van der Waals surface area contributed by atoms with Gasteiger partial charge in [0.05, 0.1) is 6.10 Å². The van der Waals surface area contributed by atoms with Gasteiger partial charge in [0.1, 0.15) is 5.75 Å². The lowest BCUT2D eigenvalue weighted by atomic mass is 10.1. The van der Waals surface area contributed by atoms with Crippen LogP contribution >= 0.6 is 0 Å². The van der Waals surface area contributed by atoms with Crippen LogP contribution in [0.1, 0.15) is 56.6 Å². The summed E-state index contributed by atoms with van der Waals surface area (Å²) in [6.45, 7) is 11.6. The van der Waals surface area contributed by atoms with Gasteiger partial charge in [-0.3, -0.25) is 4.79 Å². The summed E-state index contributed by atoms with van der Waals surface area (Å²) in [6.07, 6.45) is 3.30. The first-order valence-electron chi connectivity index (χ1n) is 8.22. The Morgan fingerprint density at radius 3 is 2.59 bits per heavy atom. The van der Waals surface area contributed by atoms with Gasteiger partial charge in [-0.2, -0.15) is 0 Å². The van der Waals surface area contributed by atoms with Crippen LogP contribution in [0.4, 0.5) is 0 Å². The number of hydrogen-bond donors (Lipinski definition) is 0. The van der Waals surface area contributed by atoms with Crippen molar-refractivity contribution >= 4 is 17.2 Å². The Hall–Kier alpha value is -1.77. The third-order valence-corrected chi connectivity index (χ3v) is 4.04. The summed E-state index contributed by atoms with van der Waals surface area (Å²) < 4.78 is 8.21. The second kappa shape index (κ2) is 6.99. The van der Waals surface area contributed by atoms with E-state index in [-0.39, 0.29) is 6.10 Å². The molecule has 2 rings (SSSR count). The lowest BCUT2D eigenvalue weighted by Crippen LogP contribution is -2.10. The Balaban J connectivity index is 2.45. The molecule has 120 valence electrons. The zero-order valence-electron chi connectivity index (χ0n) is 14.3. The van der Waals surface area contributed by atoms with Crippen LogP contribution in [0.5, 0.6) is 5.75 Å². The van der Waals surface area contributed by atoms with E-state index in [1.54, 1.807) is 0 Å². The van der Waals surface area contributed by atoms with Crippen LogP contribution in [0.15, 0.2) is 18.2 Å². The van der Waals surface area contributed by atoms with E-state index >= 15 is 0 Å². The molecule has 0 amide bonds. The third-order valence-electron chi connectivity index (χ3n) is 4.04. The number of aldehydes is 1. The van der Waals surface area contributed by atoms with E-state index in [0.717, 1.165) is 53.6 Å². The van der Waals surface area contributed by atoms with E-state index in [0.29, 0.717) is 5.92 Å². The summed E-state index contributed by atoms with van der Waals surface area (Å²) in [7, 11) is 0. The number of carbonyl (C=O) groups excluding carboxylic acids is 1. The normalized spacial score (nSPS) is 12.8. The predicted octanol–water partition coefficient (Wildman–Crippen LogP) is 4.99. The van der Waals surface area contributed by atoms with Gasteiger partial charge in [0.15, 0.2) is 6.29 Å². The van der Waals surface area contributed by atoms with Gasteiger partial charge in [-0.15, -0.1) is 0 Å². The number of fused-ring (bicyclic) bond motifs is 1. The molecule has 0 aliphatic heterocycles. The topological polar surface area (TPSA) is 31.2 Å². The Bertz CT molecular complexity index is 655. The second-order valence-electron chi connectivity index (χ2n) is 6.52. The molecule has 0 aliphatic carbocycles. The summed E-state index contributed by atoms with van der Waals surface area (Å²) in [5.41, 5.74) is 2.94. The number of aromatic nitrogens is 1. The summed E-state index contributed by atoms with van der Waals surface area (Å²) in [5, 5.41) is 0.995. The molecule has 3 heteroatoms. The molecule has 22 heavy (non-hydrogen) atoms. The van der Waals surface area contributed by atoms with Crippen molar-refractivity contribution < 1.29 is 9.53 Å². The fraction of sp³-hybridized carbons (Fsp3) is 0.526. The molecule has 0 saturated heterocycles. The van der Waals surface area contributed by atoms with E-state index in [9.17, 15) is 4.79 Å². The molecule has 1 aromatic carbocycles. The van der Waals surface area contributed by atoms with Crippen LogP contribution in [0, 0.1) is 12.8 Å². The number of nitrogens with zero attached hydrogens (tertiary/aromatic N) is 1. The Morgan fingerprint density at radius 2 is 2.00 bits per heavy atom. The first-order chi connectivity index (χ1) is 10.5. The van der Waals surface area contributed by atoms with Crippen LogP contribution in [-0.4, -0.2) is 17.0 Å². The zero-order valence-corrected chi connectivity index (χ0v) is 14.3. The molecule has 0 bridgehead atoms. The quantitative estimate of drug-likeness (QED) is 0.675. The van der Waals surface area contributed by atoms with Crippen LogP contribution in [0.2, 0.25) is 0 Å². The van der Waals surface area contributed by atoms with Gasteiger partial charge in [-0.05, 0) is 44.4 Å². The molecule has 1 aromatic heterocycles. The van der Waals surface area contributed by atoms with Gasteiger partial charge < -0.3 is 9.30 Å². The SMILES string of the molecule is CCC[C@H](C)Oc1ccc2c(c1)c(C=O)c(C)n2CC(C)C. The highest BCUT2D eigenvalue weighted by atomic mass is 16.5. The van der Waals surface area contributed by atoms with Crippen molar-refractivity contribution in [1.29, 1.82) is 0 Å². The van der Waals surface area contributed by atoms with E-state index in [2.05, 4.69) is 38.3 Å². The number of ether oxygens (including phenoxy) is 1. The molecule has 1 heterocycles. The van der Waals surface area contributed by atoms with E-state index in [4.69, 9.17) is 4.74 Å². The number of benzene rings is 1. The molecule has 0 aliphatic rings. The molecule has 0 saturated carbocycles. The largest absolute Gasteiger partial charge is 0.491 e. The maximum absolute atomic E-state index is 11.5. The van der Waals surface area contributed by atoms with Crippen LogP contribution < -0.4 is 4.74 Å². The fourth-order valence-corrected chi connectivity index (χ4v) is 3.01. The van der Waals surface area contributed by atoms with Gasteiger partial charge in [0, 0.05) is 28.7 Å². The Morgan fingerprint density at radius 1 is 1.27 bits per heavy atom. The van der Waals surface area contributed by atoms with E-state index in [1.807, 2.05) is 19.1 Å². The van der Waals surface area contributed by atoms with Gasteiger partial charge in [-0.1, -0.05) is 27.2 Å². The Kier molecular flexibility index (Phi) is 5.28. The first-order valence-corrected chi connectivity index (χ1v) is 8.22. The molecule has 0 radical (unpaired) electrons. The highest BCUT2D eigenvalue weighted by molar-refractivity contribution is 6.00. The zero-order chi connectivity index (χ0) is 16.3. The first kappa shape index (κ1) is 16.6. The molecule has 0 spiro atoms. The highest BCUT2D eigenvalue weighted by Gasteiger charge is 2.15. The highest BCUT2D eigenvalue weighted by Crippen LogP contribution is 2.29. The summed E-state index contributed by atoms with van der Waals surface area (Å²) in [4.78, 5) is 11.5. The molecule has 2 aromatic rings. The lowest BCUT2D eigenvalue weighted by Gasteiger charge is -2.14. The fourth-order valence-electron chi connectivity index (χ4n) is 3.01. The summed E-state index contributed by atoms with van der Waals surface area (Å²) >= 11 is 0. The average molecular weight is 301 g/mol. The maximum atomic E-state index is 11.5. The van der Waals surface area contributed by atoms with Gasteiger partial charge in [-0.25, -0.2) is 0 Å². The molecule has 3 nitrogen and oxygen atoms in total. The predicted molar refractivity (Wildman–Crippen MR) is 91.9 cm³/mol. The van der Waals surface area contributed by atoms with Crippen molar-refractivity contribution in [3.63, 3.8) is 0 Å². The Labute approximate surface area is 133 Å². The average Bonchev–Trinajstić information content (AvgIpc) is 2.70. The number of carbonyl (C=O) groups is 1. The van der Waals surface area contributed by atoms with Crippen molar-refractivity contribution in [1.82, 2.24) is 4.57 Å². The minimum atomic E-state index is 0.195. The van der Waals surface area contributed by atoms with E-state index in [1.165, 1.54) is 0 Å². The van der Waals surface area contributed by atoms with Crippen molar-refractivity contribution in [2.45, 2.75) is 60.1 Å².